The predicted molar refractivity (Wildman–Crippen MR) is 210 cm³/mol. The van der Waals surface area contributed by atoms with Gasteiger partial charge in [0.2, 0.25) is 0 Å². The van der Waals surface area contributed by atoms with Gasteiger partial charge in [-0.25, -0.2) is 4.57 Å². The van der Waals surface area contributed by atoms with E-state index < -0.39 is 51.8 Å². The van der Waals surface area contributed by atoms with Gasteiger partial charge in [0.05, 0.1) is 19.8 Å². The fourth-order valence-electron chi connectivity index (χ4n) is 5.24. The van der Waals surface area contributed by atoms with Gasteiger partial charge in [-0.2, -0.15) is 0 Å². The van der Waals surface area contributed by atoms with Gasteiger partial charge in [-0.15, -0.1) is 0 Å². The number of phosphoric ester groups is 1. The van der Waals surface area contributed by atoms with Crippen LogP contribution in [0.15, 0.2) is 48.6 Å². The quantitative estimate of drug-likeness (QED) is 0.0242. The first kappa shape index (κ1) is 49.9. The first-order valence-electron chi connectivity index (χ1n) is 20.1. The molecule has 0 spiro atoms. The van der Waals surface area contributed by atoms with Crippen LogP contribution < -0.4 is 0 Å². The molecular formula is C41H73O10P. The van der Waals surface area contributed by atoms with Crippen molar-refractivity contribution < 1.29 is 47.8 Å². The molecule has 0 fully saturated rings. The maximum Gasteiger partial charge on any atom is 0.472 e. The summed E-state index contributed by atoms with van der Waals surface area (Å²) in [5.41, 5.74) is 0. The third kappa shape index (κ3) is 36.3. The number of unbranched alkanes of at least 4 members (excludes halogenated alkanes) is 18. The molecule has 302 valence electrons. The van der Waals surface area contributed by atoms with Gasteiger partial charge in [-0.1, -0.05) is 165 Å². The number of esters is 2. The van der Waals surface area contributed by atoms with Gasteiger partial charge in [0.15, 0.2) is 6.10 Å². The Morgan fingerprint density at radius 1 is 0.596 bits per heavy atom. The van der Waals surface area contributed by atoms with Gasteiger partial charge in [0, 0.05) is 12.8 Å². The summed E-state index contributed by atoms with van der Waals surface area (Å²) in [6.45, 7) is 2.20. The fourth-order valence-corrected chi connectivity index (χ4v) is 6.03. The van der Waals surface area contributed by atoms with Crippen molar-refractivity contribution in [3.05, 3.63) is 48.6 Å². The Kier molecular flexibility index (Phi) is 35.8. The Morgan fingerprint density at radius 2 is 1.06 bits per heavy atom. The Labute approximate surface area is 315 Å². The topological polar surface area (TPSA) is 149 Å². The van der Waals surface area contributed by atoms with Crippen LogP contribution in [0.3, 0.4) is 0 Å². The van der Waals surface area contributed by atoms with Gasteiger partial charge in [0.1, 0.15) is 12.7 Å². The molecule has 0 aromatic rings. The van der Waals surface area contributed by atoms with Crippen molar-refractivity contribution in [2.24, 2.45) is 0 Å². The average molecular weight is 757 g/mol. The molecule has 0 rings (SSSR count). The van der Waals surface area contributed by atoms with E-state index in [9.17, 15) is 24.2 Å². The van der Waals surface area contributed by atoms with Crippen molar-refractivity contribution in [3.63, 3.8) is 0 Å². The van der Waals surface area contributed by atoms with E-state index in [1.54, 1.807) is 0 Å². The molecule has 0 bridgehead atoms. The van der Waals surface area contributed by atoms with Crippen LogP contribution in [0.5, 0.6) is 0 Å². The van der Waals surface area contributed by atoms with Gasteiger partial charge >= 0.3 is 19.8 Å². The molecule has 52 heavy (non-hydrogen) atoms. The lowest BCUT2D eigenvalue weighted by Crippen LogP contribution is -2.29. The number of allylic oxidation sites excluding steroid dienone is 8. The first-order chi connectivity index (χ1) is 25.2. The highest BCUT2D eigenvalue weighted by Crippen LogP contribution is 2.43. The number of rotatable bonds is 37. The van der Waals surface area contributed by atoms with Crippen molar-refractivity contribution in [1.82, 2.24) is 0 Å². The van der Waals surface area contributed by atoms with E-state index in [2.05, 4.69) is 30.5 Å². The third-order valence-electron chi connectivity index (χ3n) is 8.34. The molecule has 0 radical (unpaired) electrons. The van der Waals surface area contributed by atoms with Crippen LogP contribution in [0.1, 0.15) is 162 Å². The maximum atomic E-state index is 12.6. The van der Waals surface area contributed by atoms with E-state index in [-0.39, 0.29) is 19.4 Å². The molecule has 0 saturated heterocycles. The molecule has 0 saturated carbocycles. The number of phosphoric acid groups is 1. The highest BCUT2D eigenvalue weighted by atomic mass is 31.2. The molecule has 11 heteroatoms. The summed E-state index contributed by atoms with van der Waals surface area (Å²) < 4.78 is 32.6. The molecule has 0 heterocycles. The first-order valence-corrected chi connectivity index (χ1v) is 21.6. The summed E-state index contributed by atoms with van der Waals surface area (Å²) >= 11 is 0. The largest absolute Gasteiger partial charge is 0.472 e. The van der Waals surface area contributed by atoms with Crippen molar-refractivity contribution in [2.45, 2.75) is 174 Å². The van der Waals surface area contributed by atoms with Crippen molar-refractivity contribution in [1.29, 1.82) is 0 Å². The molecular weight excluding hydrogens is 683 g/mol. The van der Waals surface area contributed by atoms with Crippen LogP contribution in [0, 0.1) is 0 Å². The Bertz CT molecular complexity index is 1010. The molecule has 3 atom stereocenters. The minimum Gasteiger partial charge on any atom is -0.462 e. The Hall–Kier alpha value is -2.07. The van der Waals surface area contributed by atoms with Crippen LogP contribution in [0.4, 0.5) is 0 Å². The van der Waals surface area contributed by atoms with Gasteiger partial charge < -0.3 is 24.6 Å². The highest BCUT2D eigenvalue weighted by molar-refractivity contribution is 7.47. The summed E-state index contributed by atoms with van der Waals surface area (Å²) in [5, 5.41) is 18.3. The standard InChI is InChI=1S/C41H73O10P/c1-3-5-7-9-11-13-15-17-19-21-23-25-27-29-31-33-41(45)51-39(37-50-52(46,47)49-35-38(43)34-42)36-48-40(44)32-30-28-26-24-22-20-18-16-14-12-10-8-6-4-2/h5,7,9,11,13,15,17,19,38-39,42-43H,3-4,6,8,10,12,14,16,18,20-37H2,1-2H3,(H,46,47)/b7-5+,11-9+,15-13+,19-17+/t38-,39+/m0/s1. The summed E-state index contributed by atoms with van der Waals surface area (Å²) in [6.07, 6.45) is 37.9. The van der Waals surface area contributed by atoms with E-state index in [0.29, 0.717) is 12.8 Å². The van der Waals surface area contributed by atoms with E-state index >= 15 is 0 Å². The smallest absolute Gasteiger partial charge is 0.462 e. The van der Waals surface area contributed by atoms with Gasteiger partial charge in [-0.3, -0.25) is 18.6 Å². The Morgan fingerprint density at radius 3 is 1.60 bits per heavy atom. The second-order valence-corrected chi connectivity index (χ2v) is 14.8. The van der Waals surface area contributed by atoms with Crippen molar-refractivity contribution >= 4 is 19.8 Å². The average Bonchev–Trinajstić information content (AvgIpc) is 3.13. The lowest BCUT2D eigenvalue weighted by molar-refractivity contribution is -0.161. The number of hydrogen-bond donors (Lipinski definition) is 3. The molecule has 1 unspecified atom stereocenters. The number of carbonyl (C=O) groups is 2. The minimum absolute atomic E-state index is 0.158. The lowest BCUT2D eigenvalue weighted by Gasteiger charge is -2.20. The van der Waals surface area contributed by atoms with E-state index in [0.717, 1.165) is 57.8 Å². The normalized spacial score (nSPS) is 14.5. The fraction of sp³-hybridized carbons (Fsp3) is 0.756. The number of aliphatic hydroxyl groups is 2. The molecule has 10 nitrogen and oxygen atoms in total. The second kappa shape index (κ2) is 37.3. The number of hydrogen-bond acceptors (Lipinski definition) is 9. The Balaban J connectivity index is 4.38. The number of carbonyl (C=O) groups excluding carboxylic acids is 2. The molecule has 0 amide bonds. The second-order valence-electron chi connectivity index (χ2n) is 13.4. The summed E-state index contributed by atoms with van der Waals surface area (Å²) in [7, 11) is -4.62. The molecule has 0 aromatic carbocycles. The van der Waals surface area contributed by atoms with Crippen LogP contribution in [0.25, 0.3) is 0 Å². The lowest BCUT2D eigenvalue weighted by atomic mass is 10.0. The molecule has 3 N–H and O–H groups in total. The predicted octanol–water partition coefficient (Wildman–Crippen LogP) is 10.2. The van der Waals surface area contributed by atoms with Crippen molar-refractivity contribution in [2.75, 3.05) is 26.4 Å². The van der Waals surface area contributed by atoms with Crippen LogP contribution in [0.2, 0.25) is 0 Å². The zero-order valence-corrected chi connectivity index (χ0v) is 33.4. The number of ether oxygens (including phenoxy) is 2. The zero-order valence-electron chi connectivity index (χ0n) is 32.5. The summed E-state index contributed by atoms with van der Waals surface area (Å²) in [5.74, 6) is -0.952. The van der Waals surface area contributed by atoms with Crippen LogP contribution in [-0.4, -0.2) is 65.7 Å². The monoisotopic (exact) mass is 756 g/mol. The highest BCUT2D eigenvalue weighted by Gasteiger charge is 2.27. The zero-order chi connectivity index (χ0) is 38.4. The summed E-state index contributed by atoms with van der Waals surface area (Å²) in [4.78, 5) is 34.9. The van der Waals surface area contributed by atoms with Gasteiger partial charge in [0.25, 0.3) is 0 Å². The molecule has 0 aliphatic carbocycles. The molecule has 0 aliphatic rings. The van der Waals surface area contributed by atoms with Crippen LogP contribution in [-0.2, 0) is 32.7 Å². The molecule has 0 aliphatic heterocycles. The van der Waals surface area contributed by atoms with E-state index in [1.807, 2.05) is 36.5 Å². The third-order valence-corrected chi connectivity index (χ3v) is 9.29. The van der Waals surface area contributed by atoms with Gasteiger partial charge in [-0.05, 0) is 32.1 Å². The number of aliphatic hydroxyl groups excluding tert-OH is 2. The van der Waals surface area contributed by atoms with Crippen LogP contribution >= 0.6 is 7.82 Å². The van der Waals surface area contributed by atoms with Crippen molar-refractivity contribution in [3.8, 4) is 0 Å². The summed E-state index contributed by atoms with van der Waals surface area (Å²) in [6, 6.07) is 0. The molecule has 0 aromatic heterocycles. The SMILES string of the molecule is CC/C=C/C=C/C=C/C=C/CCCCCCCC(=O)O[C@H](COC(=O)CCCCCCCCCCCCCCCC)COP(=O)(O)OC[C@@H](O)CO. The minimum atomic E-state index is -4.62. The maximum absolute atomic E-state index is 12.6. The van der Waals surface area contributed by atoms with E-state index in [1.165, 1.54) is 64.2 Å². The van der Waals surface area contributed by atoms with E-state index in [4.69, 9.17) is 19.1 Å².